The number of aromatic amines is 1. The number of carbonyl (C=O) groups is 1. The maximum absolute atomic E-state index is 12.4. The molecular formula is C21H18N2O3. The highest BCUT2D eigenvalue weighted by Gasteiger charge is 2.18. The molecular weight excluding hydrogens is 328 g/mol. The lowest BCUT2D eigenvalue weighted by Crippen LogP contribution is -2.03. The Morgan fingerprint density at radius 1 is 1.04 bits per heavy atom. The zero-order chi connectivity index (χ0) is 18.3. The van der Waals surface area contributed by atoms with E-state index in [1.165, 1.54) is 7.11 Å². The molecule has 0 aliphatic rings. The Morgan fingerprint density at radius 3 is 2.50 bits per heavy atom. The molecule has 0 saturated carbocycles. The van der Waals surface area contributed by atoms with Crippen molar-refractivity contribution in [2.24, 2.45) is 0 Å². The number of benzene rings is 2. The molecule has 4 aromatic rings. The first-order valence-electron chi connectivity index (χ1n) is 8.26. The first kappa shape index (κ1) is 16.1. The maximum atomic E-state index is 12.4. The fraction of sp³-hybridized carbons (Fsp3) is 0.143. The van der Waals surface area contributed by atoms with E-state index >= 15 is 0 Å². The van der Waals surface area contributed by atoms with Crippen LogP contribution in [-0.4, -0.2) is 30.2 Å². The predicted octanol–water partition coefficient (Wildman–Crippen LogP) is 4.49. The van der Waals surface area contributed by atoms with Crippen LogP contribution in [0.2, 0.25) is 0 Å². The molecule has 0 saturated heterocycles. The molecule has 0 unspecified atom stereocenters. The molecule has 0 fully saturated rings. The van der Waals surface area contributed by atoms with Crippen molar-refractivity contribution < 1.29 is 14.3 Å². The van der Waals surface area contributed by atoms with Crippen molar-refractivity contribution >= 4 is 27.9 Å². The summed E-state index contributed by atoms with van der Waals surface area (Å²) in [5.74, 6) is 0.376. The molecule has 2 heterocycles. The third-order valence-corrected chi connectivity index (χ3v) is 4.50. The van der Waals surface area contributed by atoms with Gasteiger partial charge in [0.15, 0.2) is 0 Å². The number of aromatic nitrogens is 2. The van der Waals surface area contributed by atoms with Gasteiger partial charge in [0.1, 0.15) is 5.75 Å². The Kier molecular flexibility index (Phi) is 3.84. The van der Waals surface area contributed by atoms with Crippen LogP contribution in [0.3, 0.4) is 0 Å². The molecule has 0 radical (unpaired) electrons. The molecule has 5 nitrogen and oxygen atoms in total. The van der Waals surface area contributed by atoms with E-state index in [4.69, 9.17) is 14.5 Å². The van der Waals surface area contributed by atoms with E-state index in [9.17, 15) is 4.79 Å². The molecule has 0 bridgehead atoms. The summed E-state index contributed by atoms with van der Waals surface area (Å²) in [6.07, 6.45) is 0. The second-order valence-electron chi connectivity index (χ2n) is 6.17. The smallest absolute Gasteiger partial charge is 0.340 e. The van der Waals surface area contributed by atoms with Gasteiger partial charge < -0.3 is 14.5 Å². The minimum Gasteiger partial charge on any atom is -0.497 e. The normalized spacial score (nSPS) is 11.0. The van der Waals surface area contributed by atoms with Crippen molar-refractivity contribution in [3.63, 3.8) is 0 Å². The van der Waals surface area contributed by atoms with Crippen molar-refractivity contribution in [3.8, 4) is 17.0 Å². The summed E-state index contributed by atoms with van der Waals surface area (Å²) in [6, 6.07) is 15.5. The first-order valence-corrected chi connectivity index (χ1v) is 8.26. The van der Waals surface area contributed by atoms with Crippen LogP contribution in [-0.2, 0) is 4.74 Å². The number of methoxy groups -OCH3 is 2. The lowest BCUT2D eigenvalue weighted by molar-refractivity contribution is 0.0603. The number of fused-ring (bicyclic) bond motifs is 3. The number of esters is 1. The Bertz CT molecular complexity index is 1130. The molecule has 0 amide bonds. The van der Waals surface area contributed by atoms with Gasteiger partial charge in [-0.1, -0.05) is 12.1 Å². The summed E-state index contributed by atoms with van der Waals surface area (Å²) in [6.45, 7) is 2.03. The average molecular weight is 346 g/mol. The quantitative estimate of drug-likeness (QED) is 0.555. The fourth-order valence-electron chi connectivity index (χ4n) is 3.15. The highest BCUT2D eigenvalue weighted by molar-refractivity contribution is 6.13. The zero-order valence-corrected chi connectivity index (χ0v) is 14.8. The van der Waals surface area contributed by atoms with E-state index in [2.05, 4.69) is 4.98 Å². The van der Waals surface area contributed by atoms with E-state index in [0.29, 0.717) is 16.8 Å². The van der Waals surface area contributed by atoms with Crippen LogP contribution in [0.25, 0.3) is 33.2 Å². The lowest BCUT2D eigenvalue weighted by atomic mass is 10.1. The highest BCUT2D eigenvalue weighted by atomic mass is 16.5. The van der Waals surface area contributed by atoms with Crippen LogP contribution >= 0.6 is 0 Å². The van der Waals surface area contributed by atoms with E-state index in [-0.39, 0.29) is 0 Å². The molecule has 5 heteroatoms. The minimum atomic E-state index is -0.393. The summed E-state index contributed by atoms with van der Waals surface area (Å²) in [7, 11) is 3.01. The van der Waals surface area contributed by atoms with E-state index in [0.717, 1.165) is 33.3 Å². The largest absolute Gasteiger partial charge is 0.497 e. The van der Waals surface area contributed by atoms with Gasteiger partial charge in [0.05, 0.1) is 36.5 Å². The molecule has 0 aliphatic carbocycles. The van der Waals surface area contributed by atoms with Crippen molar-refractivity contribution in [1.82, 2.24) is 9.97 Å². The standard InChI is InChI=1S/C21H18N2O3/c1-12-4-9-15-18(10-12)23-20-16(21(24)26-3)11-17(22-19(15)20)13-5-7-14(25-2)8-6-13/h4-11,23H,1-3H3. The van der Waals surface area contributed by atoms with Crippen LogP contribution in [0, 0.1) is 6.92 Å². The summed E-state index contributed by atoms with van der Waals surface area (Å²) < 4.78 is 10.2. The number of aryl methyl sites for hydroxylation is 1. The molecule has 0 atom stereocenters. The number of H-pyrrole nitrogens is 1. The molecule has 1 N–H and O–H groups in total. The Hall–Kier alpha value is -3.34. The van der Waals surface area contributed by atoms with Gasteiger partial charge in [-0.3, -0.25) is 0 Å². The van der Waals surface area contributed by atoms with Gasteiger partial charge in [-0.05, 0) is 48.9 Å². The van der Waals surface area contributed by atoms with Crippen LogP contribution in [0.5, 0.6) is 5.75 Å². The number of carbonyl (C=O) groups excluding carboxylic acids is 1. The van der Waals surface area contributed by atoms with Gasteiger partial charge in [0, 0.05) is 16.5 Å². The maximum Gasteiger partial charge on any atom is 0.340 e. The molecule has 2 aromatic carbocycles. The number of nitrogens with zero attached hydrogens (tertiary/aromatic N) is 1. The van der Waals surface area contributed by atoms with Crippen molar-refractivity contribution in [2.45, 2.75) is 6.92 Å². The van der Waals surface area contributed by atoms with E-state index < -0.39 is 5.97 Å². The number of hydrogen-bond acceptors (Lipinski definition) is 4. The van der Waals surface area contributed by atoms with Crippen LogP contribution < -0.4 is 4.74 Å². The second-order valence-corrected chi connectivity index (χ2v) is 6.17. The van der Waals surface area contributed by atoms with Gasteiger partial charge in [0.25, 0.3) is 0 Å². The molecule has 4 rings (SSSR count). The molecule has 130 valence electrons. The van der Waals surface area contributed by atoms with Crippen molar-refractivity contribution in [3.05, 3.63) is 59.7 Å². The summed E-state index contributed by atoms with van der Waals surface area (Å²) >= 11 is 0. The number of hydrogen-bond donors (Lipinski definition) is 1. The topological polar surface area (TPSA) is 64.2 Å². The number of ether oxygens (including phenoxy) is 2. The summed E-state index contributed by atoms with van der Waals surface area (Å²) in [5, 5.41) is 0.978. The van der Waals surface area contributed by atoms with Crippen LogP contribution in [0.15, 0.2) is 48.5 Å². The van der Waals surface area contributed by atoms with Crippen LogP contribution in [0.4, 0.5) is 0 Å². The third-order valence-electron chi connectivity index (χ3n) is 4.50. The Balaban J connectivity index is 2.01. The first-order chi connectivity index (χ1) is 12.6. The van der Waals surface area contributed by atoms with Crippen molar-refractivity contribution in [2.75, 3.05) is 14.2 Å². The molecule has 26 heavy (non-hydrogen) atoms. The zero-order valence-electron chi connectivity index (χ0n) is 14.8. The summed E-state index contributed by atoms with van der Waals surface area (Å²) in [5.41, 5.74) is 5.62. The van der Waals surface area contributed by atoms with E-state index in [1.54, 1.807) is 13.2 Å². The minimum absolute atomic E-state index is 0.393. The third kappa shape index (κ3) is 2.58. The number of pyridine rings is 1. The fourth-order valence-corrected chi connectivity index (χ4v) is 3.15. The van der Waals surface area contributed by atoms with Gasteiger partial charge >= 0.3 is 5.97 Å². The average Bonchev–Trinajstić information content (AvgIpc) is 3.04. The van der Waals surface area contributed by atoms with Gasteiger partial charge in [-0.15, -0.1) is 0 Å². The van der Waals surface area contributed by atoms with Crippen molar-refractivity contribution in [1.29, 1.82) is 0 Å². The van der Waals surface area contributed by atoms with Gasteiger partial charge in [-0.2, -0.15) is 0 Å². The molecule has 0 spiro atoms. The highest BCUT2D eigenvalue weighted by Crippen LogP contribution is 2.31. The Morgan fingerprint density at radius 2 is 1.81 bits per heavy atom. The second kappa shape index (κ2) is 6.19. The van der Waals surface area contributed by atoms with Gasteiger partial charge in [0.2, 0.25) is 0 Å². The van der Waals surface area contributed by atoms with E-state index in [1.807, 2.05) is 49.4 Å². The number of nitrogens with one attached hydrogen (secondary N) is 1. The molecule has 0 aliphatic heterocycles. The monoisotopic (exact) mass is 346 g/mol. The SMILES string of the molecule is COC(=O)c1cc(-c2ccc(OC)cc2)nc2c1[nH]c1cc(C)ccc12. The lowest BCUT2D eigenvalue weighted by Gasteiger charge is -2.07. The predicted molar refractivity (Wildman–Crippen MR) is 102 cm³/mol. The molecule has 2 aromatic heterocycles. The van der Waals surface area contributed by atoms with Gasteiger partial charge in [-0.25, -0.2) is 9.78 Å². The number of rotatable bonds is 3. The summed E-state index contributed by atoms with van der Waals surface area (Å²) in [4.78, 5) is 20.5. The Labute approximate surface area is 150 Å². The van der Waals surface area contributed by atoms with Crippen LogP contribution in [0.1, 0.15) is 15.9 Å².